The molecule has 0 saturated heterocycles. The van der Waals surface area contributed by atoms with E-state index in [-0.39, 0.29) is 12.5 Å². The smallest absolute Gasteiger partial charge is 0.257 e. The Labute approximate surface area is 95.8 Å². The molecule has 0 unspecified atom stereocenters. The molecule has 1 rings (SSSR count). The molecule has 1 aromatic rings. The Bertz CT molecular complexity index is 364. The predicted molar refractivity (Wildman–Crippen MR) is 63.5 cm³/mol. The van der Waals surface area contributed by atoms with Crippen LogP contribution >= 0.6 is 0 Å². The summed E-state index contributed by atoms with van der Waals surface area (Å²) in [5, 5.41) is 2.64. The fraction of sp³-hybridized carbons (Fsp3) is 0.417. The molecule has 0 aliphatic heterocycles. The summed E-state index contributed by atoms with van der Waals surface area (Å²) in [6.45, 7) is 4.93. The van der Waals surface area contributed by atoms with Gasteiger partial charge in [0, 0.05) is 13.1 Å². The van der Waals surface area contributed by atoms with Gasteiger partial charge in [0.1, 0.15) is 5.75 Å². The van der Waals surface area contributed by atoms with Gasteiger partial charge in [-0.05, 0) is 25.5 Å². The van der Waals surface area contributed by atoms with E-state index in [9.17, 15) is 4.79 Å². The van der Waals surface area contributed by atoms with Crippen LogP contribution < -0.4 is 15.8 Å². The van der Waals surface area contributed by atoms with E-state index in [0.717, 1.165) is 11.3 Å². The molecule has 0 aliphatic carbocycles. The minimum atomic E-state index is -0.148. The van der Waals surface area contributed by atoms with E-state index in [1.807, 2.05) is 32.0 Å². The summed E-state index contributed by atoms with van der Waals surface area (Å²) < 4.78 is 5.40. The van der Waals surface area contributed by atoms with E-state index in [4.69, 9.17) is 10.5 Å². The molecule has 0 heterocycles. The molecule has 0 bridgehead atoms. The number of hydrogen-bond donors (Lipinski definition) is 2. The van der Waals surface area contributed by atoms with Gasteiger partial charge < -0.3 is 15.8 Å². The SMILES string of the molecule is Cc1ccc(OCC(=O)NCCN)c(C)c1. The van der Waals surface area contributed by atoms with E-state index < -0.39 is 0 Å². The predicted octanol–water partition coefficient (Wildman–Crippen LogP) is 0.757. The lowest BCUT2D eigenvalue weighted by Crippen LogP contribution is -2.32. The highest BCUT2D eigenvalue weighted by Gasteiger charge is 2.03. The number of nitrogens with one attached hydrogen (secondary N) is 1. The normalized spacial score (nSPS) is 9.94. The van der Waals surface area contributed by atoms with E-state index in [1.54, 1.807) is 0 Å². The highest BCUT2D eigenvalue weighted by Crippen LogP contribution is 2.18. The van der Waals surface area contributed by atoms with Crippen LogP contribution in [-0.4, -0.2) is 25.6 Å². The van der Waals surface area contributed by atoms with Crippen LogP contribution in [0.2, 0.25) is 0 Å². The van der Waals surface area contributed by atoms with E-state index in [2.05, 4.69) is 5.32 Å². The third-order valence-electron chi connectivity index (χ3n) is 2.16. The zero-order valence-corrected chi connectivity index (χ0v) is 9.75. The number of carbonyl (C=O) groups excluding carboxylic acids is 1. The molecule has 16 heavy (non-hydrogen) atoms. The Morgan fingerprint density at radius 3 is 2.81 bits per heavy atom. The molecule has 1 amide bonds. The van der Waals surface area contributed by atoms with Crippen LogP contribution in [0.5, 0.6) is 5.75 Å². The summed E-state index contributed by atoms with van der Waals surface area (Å²) >= 11 is 0. The first-order chi connectivity index (χ1) is 7.63. The highest BCUT2D eigenvalue weighted by atomic mass is 16.5. The average molecular weight is 222 g/mol. The topological polar surface area (TPSA) is 64.3 Å². The standard InChI is InChI=1S/C12H18N2O2/c1-9-3-4-11(10(2)7-9)16-8-12(15)14-6-5-13/h3-4,7H,5-6,8,13H2,1-2H3,(H,14,15). The largest absolute Gasteiger partial charge is 0.484 e. The summed E-state index contributed by atoms with van der Waals surface area (Å²) in [5.74, 6) is 0.596. The van der Waals surface area contributed by atoms with Crippen molar-refractivity contribution in [1.82, 2.24) is 5.32 Å². The number of ether oxygens (including phenoxy) is 1. The first kappa shape index (κ1) is 12.5. The third-order valence-corrected chi connectivity index (χ3v) is 2.16. The van der Waals surface area contributed by atoms with Crippen LogP contribution in [0, 0.1) is 13.8 Å². The second kappa shape index (κ2) is 6.12. The molecule has 0 atom stereocenters. The lowest BCUT2D eigenvalue weighted by molar-refractivity contribution is -0.123. The van der Waals surface area contributed by atoms with E-state index >= 15 is 0 Å². The van der Waals surface area contributed by atoms with Gasteiger partial charge in [-0.2, -0.15) is 0 Å². The second-order valence-corrected chi connectivity index (χ2v) is 3.70. The van der Waals surface area contributed by atoms with Crippen molar-refractivity contribution in [3.63, 3.8) is 0 Å². The lowest BCUT2D eigenvalue weighted by atomic mass is 10.1. The Balaban J connectivity index is 2.45. The van der Waals surface area contributed by atoms with Gasteiger partial charge in [-0.3, -0.25) is 4.79 Å². The summed E-state index contributed by atoms with van der Waals surface area (Å²) in [6, 6.07) is 5.86. The van der Waals surface area contributed by atoms with Crippen molar-refractivity contribution < 1.29 is 9.53 Å². The maximum Gasteiger partial charge on any atom is 0.257 e. The van der Waals surface area contributed by atoms with Gasteiger partial charge in [0.2, 0.25) is 0 Å². The monoisotopic (exact) mass is 222 g/mol. The van der Waals surface area contributed by atoms with Crippen LogP contribution in [0.3, 0.4) is 0 Å². The van der Waals surface area contributed by atoms with Crippen LogP contribution in [-0.2, 0) is 4.79 Å². The van der Waals surface area contributed by atoms with Crippen molar-refractivity contribution in [2.75, 3.05) is 19.7 Å². The lowest BCUT2D eigenvalue weighted by Gasteiger charge is -2.09. The maximum absolute atomic E-state index is 11.3. The number of nitrogens with two attached hydrogens (primary N) is 1. The highest BCUT2D eigenvalue weighted by molar-refractivity contribution is 5.77. The van der Waals surface area contributed by atoms with Gasteiger partial charge in [0.05, 0.1) is 0 Å². The van der Waals surface area contributed by atoms with Gasteiger partial charge in [0.15, 0.2) is 6.61 Å². The molecular formula is C12H18N2O2. The fourth-order valence-electron chi connectivity index (χ4n) is 1.37. The van der Waals surface area contributed by atoms with Crippen LogP contribution in [0.1, 0.15) is 11.1 Å². The fourth-order valence-corrected chi connectivity index (χ4v) is 1.37. The van der Waals surface area contributed by atoms with Gasteiger partial charge in [-0.25, -0.2) is 0 Å². The molecule has 88 valence electrons. The van der Waals surface area contributed by atoms with Gasteiger partial charge in [-0.1, -0.05) is 17.7 Å². The summed E-state index contributed by atoms with van der Waals surface area (Å²) in [4.78, 5) is 11.3. The molecule has 3 N–H and O–H groups in total. The zero-order valence-electron chi connectivity index (χ0n) is 9.75. The molecule has 0 radical (unpaired) electrons. The molecule has 4 nitrogen and oxygen atoms in total. The van der Waals surface area contributed by atoms with Crippen molar-refractivity contribution in [2.45, 2.75) is 13.8 Å². The molecular weight excluding hydrogens is 204 g/mol. The number of aryl methyl sites for hydroxylation is 2. The number of benzene rings is 1. The van der Waals surface area contributed by atoms with Crippen molar-refractivity contribution in [3.8, 4) is 5.75 Å². The van der Waals surface area contributed by atoms with E-state index in [0.29, 0.717) is 13.1 Å². The van der Waals surface area contributed by atoms with Gasteiger partial charge in [-0.15, -0.1) is 0 Å². The summed E-state index contributed by atoms with van der Waals surface area (Å²) in [6.07, 6.45) is 0. The molecule has 1 aromatic carbocycles. The Morgan fingerprint density at radius 2 is 2.19 bits per heavy atom. The number of hydrogen-bond acceptors (Lipinski definition) is 3. The van der Waals surface area contributed by atoms with Gasteiger partial charge >= 0.3 is 0 Å². The minimum Gasteiger partial charge on any atom is -0.484 e. The second-order valence-electron chi connectivity index (χ2n) is 3.70. The van der Waals surface area contributed by atoms with Crippen molar-refractivity contribution in [3.05, 3.63) is 29.3 Å². The third kappa shape index (κ3) is 3.90. The minimum absolute atomic E-state index is 0.0316. The quantitative estimate of drug-likeness (QED) is 0.773. The summed E-state index contributed by atoms with van der Waals surface area (Å²) in [7, 11) is 0. The molecule has 0 aromatic heterocycles. The van der Waals surface area contributed by atoms with Crippen molar-refractivity contribution in [2.24, 2.45) is 5.73 Å². The molecule has 0 aliphatic rings. The zero-order chi connectivity index (χ0) is 12.0. The van der Waals surface area contributed by atoms with Crippen LogP contribution in [0.25, 0.3) is 0 Å². The van der Waals surface area contributed by atoms with E-state index in [1.165, 1.54) is 5.56 Å². The Kier molecular flexibility index (Phi) is 4.79. The molecule has 0 spiro atoms. The van der Waals surface area contributed by atoms with Crippen molar-refractivity contribution >= 4 is 5.91 Å². The molecule has 0 saturated carbocycles. The first-order valence-electron chi connectivity index (χ1n) is 5.30. The van der Waals surface area contributed by atoms with Crippen LogP contribution in [0.4, 0.5) is 0 Å². The Hall–Kier alpha value is -1.55. The number of rotatable bonds is 5. The number of carbonyl (C=O) groups is 1. The van der Waals surface area contributed by atoms with Crippen molar-refractivity contribution in [1.29, 1.82) is 0 Å². The molecule has 4 heteroatoms. The maximum atomic E-state index is 11.3. The van der Waals surface area contributed by atoms with Gasteiger partial charge in [0.25, 0.3) is 5.91 Å². The Morgan fingerprint density at radius 1 is 1.44 bits per heavy atom. The van der Waals surface area contributed by atoms with Crippen LogP contribution in [0.15, 0.2) is 18.2 Å². The summed E-state index contributed by atoms with van der Waals surface area (Å²) in [5.41, 5.74) is 7.48. The average Bonchev–Trinajstić information content (AvgIpc) is 2.25. The molecule has 0 fully saturated rings. The number of amides is 1. The first-order valence-corrected chi connectivity index (χ1v) is 5.30.